The lowest BCUT2D eigenvalue weighted by molar-refractivity contribution is 0.0610. The second-order valence-corrected chi connectivity index (χ2v) is 5.13. The molecule has 0 radical (unpaired) electrons. The van der Waals surface area contributed by atoms with Gasteiger partial charge in [0.15, 0.2) is 5.76 Å². The lowest BCUT2D eigenvalue weighted by Gasteiger charge is -2.25. The number of carbonyl (C=O) groups excluding carboxylic acids is 1. The molecule has 6 heteroatoms. The van der Waals surface area contributed by atoms with Gasteiger partial charge in [-0.2, -0.15) is 5.10 Å². The average molecular weight is 275 g/mol. The molecule has 2 aromatic rings. The minimum absolute atomic E-state index is 0.166. The second kappa shape index (κ2) is 5.13. The van der Waals surface area contributed by atoms with Crippen molar-refractivity contribution < 1.29 is 14.3 Å². The number of likely N-dealkylation sites (tertiary alicyclic amines) is 1. The molecule has 6 nitrogen and oxygen atoms in total. The summed E-state index contributed by atoms with van der Waals surface area (Å²) in [5, 5.41) is 14.2. The van der Waals surface area contributed by atoms with Crippen LogP contribution in [-0.2, 0) is 13.5 Å². The topological polar surface area (TPSA) is 71.5 Å². The van der Waals surface area contributed by atoms with Gasteiger partial charge in [0.05, 0.1) is 24.6 Å². The van der Waals surface area contributed by atoms with Gasteiger partial charge < -0.3 is 14.4 Å². The van der Waals surface area contributed by atoms with Crippen LogP contribution in [0.25, 0.3) is 0 Å². The molecule has 2 aromatic heterocycles. The Morgan fingerprint density at radius 2 is 2.45 bits per heavy atom. The van der Waals surface area contributed by atoms with Crippen LogP contribution in [0.2, 0.25) is 0 Å². The first kappa shape index (κ1) is 12.9. The zero-order valence-electron chi connectivity index (χ0n) is 11.3. The van der Waals surface area contributed by atoms with Gasteiger partial charge in [-0.05, 0) is 30.5 Å². The van der Waals surface area contributed by atoms with Gasteiger partial charge in [0, 0.05) is 19.8 Å². The summed E-state index contributed by atoms with van der Waals surface area (Å²) in [6.07, 6.45) is 5.84. The van der Waals surface area contributed by atoms with Crippen LogP contribution < -0.4 is 0 Å². The lowest BCUT2D eigenvalue weighted by atomic mass is 10.0. The summed E-state index contributed by atoms with van der Waals surface area (Å²) in [5.41, 5.74) is 1.01. The Morgan fingerprint density at radius 1 is 1.60 bits per heavy atom. The Labute approximate surface area is 116 Å². The van der Waals surface area contributed by atoms with Crippen molar-refractivity contribution in [2.24, 2.45) is 7.05 Å². The number of aryl methyl sites for hydroxylation is 1. The highest BCUT2D eigenvalue weighted by Crippen LogP contribution is 2.24. The van der Waals surface area contributed by atoms with Gasteiger partial charge in [-0.1, -0.05) is 0 Å². The largest absolute Gasteiger partial charge is 0.459 e. The molecule has 1 aliphatic rings. The van der Waals surface area contributed by atoms with Crippen LogP contribution in [0.4, 0.5) is 0 Å². The fourth-order valence-corrected chi connectivity index (χ4v) is 2.70. The molecule has 1 aliphatic heterocycles. The Kier molecular flexibility index (Phi) is 3.31. The van der Waals surface area contributed by atoms with Gasteiger partial charge in [0.2, 0.25) is 0 Å². The summed E-state index contributed by atoms with van der Waals surface area (Å²) in [6.45, 7) is 0.547. The van der Waals surface area contributed by atoms with Crippen molar-refractivity contribution in [2.75, 3.05) is 6.54 Å². The molecule has 20 heavy (non-hydrogen) atoms. The Bertz CT molecular complexity index is 591. The lowest BCUT2D eigenvalue weighted by Crippen LogP contribution is -2.40. The minimum Gasteiger partial charge on any atom is -0.459 e. The molecule has 0 saturated carbocycles. The highest BCUT2D eigenvalue weighted by Gasteiger charge is 2.37. The molecular weight excluding hydrogens is 258 g/mol. The van der Waals surface area contributed by atoms with Crippen molar-refractivity contribution in [3.05, 3.63) is 42.1 Å². The van der Waals surface area contributed by atoms with Crippen molar-refractivity contribution in [3.63, 3.8) is 0 Å². The van der Waals surface area contributed by atoms with E-state index in [4.69, 9.17) is 4.42 Å². The van der Waals surface area contributed by atoms with Crippen molar-refractivity contribution in [1.29, 1.82) is 0 Å². The van der Waals surface area contributed by atoms with Gasteiger partial charge >= 0.3 is 0 Å². The predicted molar refractivity (Wildman–Crippen MR) is 71.1 cm³/mol. The maximum absolute atomic E-state index is 12.4. The third kappa shape index (κ3) is 2.34. The van der Waals surface area contributed by atoms with Crippen LogP contribution in [0.5, 0.6) is 0 Å². The van der Waals surface area contributed by atoms with Crippen LogP contribution >= 0.6 is 0 Å². The molecule has 3 heterocycles. The zero-order valence-corrected chi connectivity index (χ0v) is 11.3. The number of hydrogen-bond donors (Lipinski definition) is 1. The first-order valence-electron chi connectivity index (χ1n) is 6.65. The molecule has 0 unspecified atom stereocenters. The summed E-state index contributed by atoms with van der Waals surface area (Å²) in [4.78, 5) is 14.1. The molecule has 3 rings (SSSR count). The van der Waals surface area contributed by atoms with Gasteiger partial charge in [0.25, 0.3) is 5.91 Å². The highest BCUT2D eigenvalue weighted by molar-refractivity contribution is 5.92. The maximum atomic E-state index is 12.4. The number of carbonyl (C=O) groups is 1. The number of aliphatic hydroxyl groups excluding tert-OH is 1. The third-order valence-corrected chi connectivity index (χ3v) is 3.71. The van der Waals surface area contributed by atoms with Crippen LogP contribution in [0.1, 0.15) is 22.5 Å². The molecule has 2 atom stereocenters. The Hall–Kier alpha value is -2.08. The average Bonchev–Trinajstić information content (AvgIpc) is 3.13. The number of aliphatic hydroxyl groups is 1. The summed E-state index contributed by atoms with van der Waals surface area (Å²) in [7, 11) is 1.85. The number of rotatable bonds is 3. The number of hydrogen-bond acceptors (Lipinski definition) is 4. The molecule has 1 saturated heterocycles. The van der Waals surface area contributed by atoms with Gasteiger partial charge in [-0.25, -0.2) is 0 Å². The standard InChI is InChI=1S/C14H17N3O3/c1-16-9-10(8-15-16)7-11-12(18)4-5-17(11)14(19)13-3-2-6-20-13/h2-3,6,8-9,11-12,18H,4-5,7H2,1H3/t11-,12+/m1/s1. The fourth-order valence-electron chi connectivity index (χ4n) is 2.70. The van der Waals surface area contributed by atoms with Gasteiger partial charge in [-0.3, -0.25) is 9.48 Å². The maximum Gasteiger partial charge on any atom is 0.289 e. The van der Waals surface area contributed by atoms with E-state index in [9.17, 15) is 9.90 Å². The SMILES string of the molecule is Cn1cc(C[C@@H]2[C@@H](O)CCN2C(=O)c2ccco2)cn1. The van der Waals surface area contributed by atoms with Crippen LogP contribution in [-0.4, -0.2) is 44.4 Å². The Balaban J connectivity index is 1.78. The molecule has 0 aliphatic carbocycles. The number of aromatic nitrogens is 2. The van der Waals surface area contributed by atoms with E-state index in [0.717, 1.165) is 5.56 Å². The zero-order chi connectivity index (χ0) is 14.1. The fraction of sp³-hybridized carbons (Fsp3) is 0.429. The molecule has 0 aromatic carbocycles. The molecular formula is C14H17N3O3. The van der Waals surface area contributed by atoms with E-state index in [1.807, 2.05) is 13.2 Å². The van der Waals surface area contributed by atoms with Crippen molar-refractivity contribution in [3.8, 4) is 0 Å². The van der Waals surface area contributed by atoms with E-state index in [1.165, 1.54) is 6.26 Å². The molecule has 106 valence electrons. The van der Waals surface area contributed by atoms with Crippen molar-refractivity contribution >= 4 is 5.91 Å². The predicted octanol–water partition coefficient (Wildman–Crippen LogP) is 0.831. The van der Waals surface area contributed by atoms with E-state index in [2.05, 4.69) is 5.10 Å². The number of nitrogens with zero attached hydrogens (tertiary/aromatic N) is 3. The van der Waals surface area contributed by atoms with E-state index in [1.54, 1.807) is 27.9 Å². The first-order chi connectivity index (χ1) is 9.65. The molecule has 0 spiro atoms. The molecule has 1 N–H and O–H groups in total. The number of furan rings is 1. The molecule has 1 amide bonds. The van der Waals surface area contributed by atoms with Gasteiger partial charge in [-0.15, -0.1) is 0 Å². The molecule has 0 bridgehead atoms. The van der Waals surface area contributed by atoms with Gasteiger partial charge in [0.1, 0.15) is 0 Å². The third-order valence-electron chi connectivity index (χ3n) is 3.71. The van der Waals surface area contributed by atoms with Crippen LogP contribution in [0.3, 0.4) is 0 Å². The number of amides is 1. The van der Waals surface area contributed by atoms with E-state index >= 15 is 0 Å². The monoisotopic (exact) mass is 275 g/mol. The summed E-state index contributed by atoms with van der Waals surface area (Å²) >= 11 is 0. The summed E-state index contributed by atoms with van der Waals surface area (Å²) < 4.78 is 6.87. The van der Waals surface area contributed by atoms with Crippen molar-refractivity contribution in [2.45, 2.75) is 25.0 Å². The first-order valence-corrected chi connectivity index (χ1v) is 6.65. The van der Waals surface area contributed by atoms with Crippen LogP contribution in [0.15, 0.2) is 35.2 Å². The normalized spacial score (nSPS) is 22.4. The smallest absolute Gasteiger partial charge is 0.289 e. The second-order valence-electron chi connectivity index (χ2n) is 5.13. The van der Waals surface area contributed by atoms with E-state index in [-0.39, 0.29) is 11.9 Å². The quantitative estimate of drug-likeness (QED) is 0.900. The Morgan fingerprint density at radius 3 is 3.10 bits per heavy atom. The van der Waals surface area contributed by atoms with E-state index in [0.29, 0.717) is 25.1 Å². The van der Waals surface area contributed by atoms with Crippen molar-refractivity contribution in [1.82, 2.24) is 14.7 Å². The highest BCUT2D eigenvalue weighted by atomic mass is 16.3. The van der Waals surface area contributed by atoms with E-state index < -0.39 is 6.10 Å². The minimum atomic E-state index is -0.505. The molecule has 1 fully saturated rings. The summed E-state index contributed by atoms with van der Waals surface area (Å²) in [6, 6.07) is 3.11. The van der Waals surface area contributed by atoms with Crippen LogP contribution in [0, 0.1) is 0 Å². The summed E-state index contributed by atoms with van der Waals surface area (Å²) in [5.74, 6) is 0.149.